The number of carbonyl (C=O) groups is 1. The van der Waals surface area contributed by atoms with Crippen LogP contribution >= 0.6 is 0 Å². The Morgan fingerprint density at radius 1 is 1.09 bits per heavy atom. The lowest BCUT2D eigenvalue weighted by Gasteiger charge is -2.32. The Morgan fingerprint density at radius 3 is 2.27 bits per heavy atom. The van der Waals surface area contributed by atoms with Gasteiger partial charge in [0.2, 0.25) is 0 Å². The Morgan fingerprint density at radius 2 is 1.68 bits per heavy atom. The Labute approximate surface area is 131 Å². The largest absolute Gasteiger partial charge is 0.481 e. The van der Waals surface area contributed by atoms with E-state index in [0.717, 1.165) is 17.7 Å². The summed E-state index contributed by atoms with van der Waals surface area (Å²) in [7, 11) is 0. The fourth-order valence-corrected chi connectivity index (χ4v) is 3.72. The van der Waals surface area contributed by atoms with Crippen LogP contribution in [0.2, 0.25) is 0 Å². The van der Waals surface area contributed by atoms with Gasteiger partial charge < -0.3 is 10.4 Å². The molecule has 0 bridgehead atoms. The molecule has 22 heavy (non-hydrogen) atoms. The second-order valence-corrected chi connectivity index (χ2v) is 6.09. The van der Waals surface area contributed by atoms with Gasteiger partial charge >= 0.3 is 5.97 Å². The highest BCUT2D eigenvalue weighted by atomic mass is 16.4. The average molecular weight is 295 g/mol. The minimum absolute atomic E-state index is 0.0209. The van der Waals surface area contributed by atoms with Crippen LogP contribution in [0.3, 0.4) is 0 Å². The molecule has 2 N–H and O–H groups in total. The minimum Gasteiger partial charge on any atom is -0.481 e. The normalized spacial score (nSPS) is 27.5. The van der Waals surface area contributed by atoms with Gasteiger partial charge in [-0.1, -0.05) is 55.5 Å². The number of anilines is 1. The quantitative estimate of drug-likeness (QED) is 0.899. The van der Waals surface area contributed by atoms with Gasteiger partial charge in [-0.05, 0) is 36.5 Å². The van der Waals surface area contributed by atoms with Crippen molar-refractivity contribution in [2.45, 2.75) is 31.2 Å². The lowest BCUT2D eigenvalue weighted by atomic mass is 9.72. The summed E-state index contributed by atoms with van der Waals surface area (Å²) in [5.41, 5.74) is 1.16. The van der Waals surface area contributed by atoms with Crippen LogP contribution in [0.25, 0.3) is 0 Å². The molecule has 0 amide bonds. The molecule has 114 valence electrons. The lowest BCUT2D eigenvalue weighted by Crippen LogP contribution is -2.42. The third kappa shape index (κ3) is 2.37. The predicted octanol–water partition coefficient (Wildman–Crippen LogP) is 3.92. The van der Waals surface area contributed by atoms with E-state index in [4.69, 9.17) is 0 Å². The summed E-state index contributed by atoms with van der Waals surface area (Å²) < 4.78 is 0. The van der Waals surface area contributed by atoms with Crippen molar-refractivity contribution in [2.24, 2.45) is 5.92 Å². The van der Waals surface area contributed by atoms with E-state index in [1.165, 1.54) is 0 Å². The molecule has 1 fully saturated rings. The summed E-state index contributed by atoms with van der Waals surface area (Å²) in [5.74, 6) is -0.698. The van der Waals surface area contributed by atoms with Crippen molar-refractivity contribution in [1.82, 2.24) is 0 Å². The molecule has 0 spiro atoms. The van der Waals surface area contributed by atoms with E-state index in [1.807, 2.05) is 60.7 Å². The van der Waals surface area contributed by atoms with Crippen LogP contribution in [0, 0.1) is 5.92 Å². The Balaban J connectivity index is 1.90. The van der Waals surface area contributed by atoms with E-state index in [2.05, 4.69) is 12.2 Å². The summed E-state index contributed by atoms with van der Waals surface area (Å²) >= 11 is 0. The molecule has 0 saturated heterocycles. The van der Waals surface area contributed by atoms with Crippen LogP contribution in [0.15, 0.2) is 60.7 Å². The molecule has 3 rings (SSSR count). The molecule has 0 radical (unpaired) electrons. The number of carboxylic acid groups (broad SMARTS) is 1. The van der Waals surface area contributed by atoms with E-state index >= 15 is 0 Å². The highest BCUT2D eigenvalue weighted by Gasteiger charge is 2.52. The Kier molecular flexibility index (Phi) is 3.88. The number of nitrogens with one attached hydrogen (secondary N) is 1. The number of carboxylic acids is 1. The van der Waals surface area contributed by atoms with Gasteiger partial charge in [0.1, 0.15) is 0 Å². The molecule has 0 aliphatic heterocycles. The van der Waals surface area contributed by atoms with Crippen LogP contribution in [-0.4, -0.2) is 17.1 Å². The lowest BCUT2D eigenvalue weighted by molar-refractivity contribution is -0.145. The summed E-state index contributed by atoms with van der Waals surface area (Å²) in [6.45, 7) is 2.05. The maximum atomic E-state index is 12.1. The highest BCUT2D eigenvalue weighted by molar-refractivity contribution is 5.82. The number of para-hydroxylation sites is 1. The first-order chi connectivity index (χ1) is 10.6. The zero-order valence-electron chi connectivity index (χ0n) is 12.7. The molecule has 3 atom stereocenters. The van der Waals surface area contributed by atoms with Crippen molar-refractivity contribution in [3.8, 4) is 0 Å². The highest BCUT2D eigenvalue weighted by Crippen LogP contribution is 2.46. The molecule has 3 heteroatoms. The van der Waals surface area contributed by atoms with E-state index in [-0.39, 0.29) is 12.0 Å². The molecule has 3 unspecified atom stereocenters. The zero-order valence-corrected chi connectivity index (χ0v) is 12.7. The predicted molar refractivity (Wildman–Crippen MR) is 88.0 cm³/mol. The summed E-state index contributed by atoms with van der Waals surface area (Å²) in [6, 6.07) is 19.8. The molecule has 2 aromatic carbocycles. The topological polar surface area (TPSA) is 49.3 Å². The number of aliphatic carboxylic acids is 1. The maximum absolute atomic E-state index is 12.1. The van der Waals surface area contributed by atoms with Crippen LogP contribution in [0.1, 0.15) is 25.3 Å². The first kappa shape index (κ1) is 14.6. The number of hydrogen-bond acceptors (Lipinski definition) is 2. The molecule has 1 aliphatic carbocycles. The third-order valence-electron chi connectivity index (χ3n) is 5.03. The van der Waals surface area contributed by atoms with E-state index < -0.39 is 11.4 Å². The fourth-order valence-electron chi connectivity index (χ4n) is 3.72. The van der Waals surface area contributed by atoms with Crippen LogP contribution in [0.4, 0.5) is 5.69 Å². The monoisotopic (exact) mass is 295 g/mol. The van der Waals surface area contributed by atoms with E-state index in [0.29, 0.717) is 6.42 Å². The first-order valence-electron chi connectivity index (χ1n) is 7.75. The molecule has 3 nitrogen and oxygen atoms in total. The van der Waals surface area contributed by atoms with Crippen LogP contribution in [-0.2, 0) is 10.2 Å². The second kappa shape index (κ2) is 5.84. The molecule has 0 heterocycles. The SMILES string of the molecule is CC1C(Nc2ccccc2)CCC1(C(=O)O)c1ccccc1. The number of benzene rings is 2. The van der Waals surface area contributed by atoms with Crippen molar-refractivity contribution in [1.29, 1.82) is 0 Å². The van der Waals surface area contributed by atoms with Gasteiger partial charge in [-0.2, -0.15) is 0 Å². The molecule has 2 aromatic rings. The zero-order chi connectivity index (χ0) is 15.6. The Hall–Kier alpha value is -2.29. The van der Waals surface area contributed by atoms with E-state index in [1.54, 1.807) is 0 Å². The summed E-state index contributed by atoms with van der Waals surface area (Å²) in [5, 5.41) is 13.5. The summed E-state index contributed by atoms with van der Waals surface area (Å²) in [4.78, 5) is 12.1. The fraction of sp³-hybridized carbons (Fsp3) is 0.316. The standard InChI is InChI=1S/C19H21NO2/c1-14-17(20-16-10-6-3-7-11-16)12-13-19(14,18(21)22)15-8-4-2-5-9-15/h2-11,14,17,20H,12-13H2,1H3,(H,21,22). The van der Waals surface area contributed by atoms with Gasteiger partial charge in [0, 0.05) is 11.7 Å². The van der Waals surface area contributed by atoms with Crippen molar-refractivity contribution in [3.63, 3.8) is 0 Å². The third-order valence-corrected chi connectivity index (χ3v) is 5.03. The van der Waals surface area contributed by atoms with Gasteiger partial charge in [0.15, 0.2) is 0 Å². The Bertz CT molecular complexity index is 641. The maximum Gasteiger partial charge on any atom is 0.314 e. The molecular formula is C19H21NO2. The van der Waals surface area contributed by atoms with Crippen molar-refractivity contribution >= 4 is 11.7 Å². The van der Waals surface area contributed by atoms with Gasteiger partial charge in [-0.25, -0.2) is 0 Å². The average Bonchev–Trinajstić information content (AvgIpc) is 2.87. The van der Waals surface area contributed by atoms with Crippen molar-refractivity contribution in [3.05, 3.63) is 66.2 Å². The summed E-state index contributed by atoms with van der Waals surface area (Å²) in [6.07, 6.45) is 1.52. The van der Waals surface area contributed by atoms with Crippen molar-refractivity contribution < 1.29 is 9.90 Å². The van der Waals surface area contributed by atoms with Gasteiger partial charge in [0.05, 0.1) is 5.41 Å². The van der Waals surface area contributed by atoms with Gasteiger partial charge in [-0.15, -0.1) is 0 Å². The number of rotatable bonds is 4. The van der Waals surface area contributed by atoms with E-state index in [9.17, 15) is 9.90 Å². The first-order valence-corrected chi connectivity index (χ1v) is 7.75. The van der Waals surface area contributed by atoms with Gasteiger partial charge in [-0.3, -0.25) is 4.79 Å². The smallest absolute Gasteiger partial charge is 0.314 e. The molecular weight excluding hydrogens is 274 g/mol. The van der Waals surface area contributed by atoms with Crippen LogP contribution < -0.4 is 5.32 Å². The van der Waals surface area contributed by atoms with Crippen LogP contribution in [0.5, 0.6) is 0 Å². The second-order valence-electron chi connectivity index (χ2n) is 6.09. The minimum atomic E-state index is -0.798. The van der Waals surface area contributed by atoms with Gasteiger partial charge in [0.25, 0.3) is 0 Å². The molecule has 1 saturated carbocycles. The molecule has 0 aromatic heterocycles. The van der Waals surface area contributed by atoms with Crippen molar-refractivity contribution in [2.75, 3.05) is 5.32 Å². The molecule has 1 aliphatic rings. The number of hydrogen-bond donors (Lipinski definition) is 2.